The van der Waals surface area contributed by atoms with E-state index >= 15 is 0 Å². The van der Waals surface area contributed by atoms with E-state index in [0.29, 0.717) is 0 Å². The summed E-state index contributed by atoms with van der Waals surface area (Å²) in [5.74, 6) is 0. The molecule has 0 saturated carbocycles. The third-order valence-corrected chi connectivity index (χ3v) is 7.20. The quantitative estimate of drug-likeness (QED) is 0.474. The average Bonchev–Trinajstić information content (AvgIpc) is 2.69. The standard InChI is InChI=1S/C7H7.C5H5.2ClH.Hf/c1-7-5-3-2-4-6-7;1-2-4-5-3-1;;;/h2-6H,1H2;1-3H,4H2;2*1H;/q;;;;+2/p-2. The zero-order chi connectivity index (χ0) is 8.93. The van der Waals surface area contributed by atoms with Crippen LogP contribution >= 0.6 is 0 Å². The van der Waals surface area contributed by atoms with Gasteiger partial charge in [0, 0.05) is 0 Å². The first-order valence-electron chi connectivity index (χ1n) is 4.58. The molecule has 0 saturated heterocycles. The molecule has 0 aliphatic heterocycles. The summed E-state index contributed by atoms with van der Waals surface area (Å²) in [5.41, 5.74) is 1.53. The number of benzene rings is 1. The van der Waals surface area contributed by atoms with Crippen molar-refractivity contribution in [1.82, 2.24) is 0 Å². The van der Waals surface area contributed by atoms with Crippen molar-refractivity contribution in [2.45, 2.75) is 10.6 Å². The monoisotopic (exact) mass is 406 g/mol. The van der Waals surface area contributed by atoms with E-state index in [9.17, 15) is 0 Å². The van der Waals surface area contributed by atoms with E-state index in [2.05, 4.69) is 48.6 Å². The number of rotatable bonds is 3. The van der Waals surface area contributed by atoms with E-state index in [1.807, 2.05) is 0 Å². The first kappa shape index (κ1) is 15.2. The first-order chi connectivity index (χ1) is 6.45. The van der Waals surface area contributed by atoms with Gasteiger partial charge in [0.2, 0.25) is 0 Å². The van der Waals surface area contributed by atoms with Crippen LogP contribution in [0.15, 0.2) is 51.9 Å². The van der Waals surface area contributed by atoms with Gasteiger partial charge in [0.25, 0.3) is 0 Å². The van der Waals surface area contributed by atoms with Gasteiger partial charge >= 0.3 is 91.0 Å². The summed E-state index contributed by atoms with van der Waals surface area (Å²) in [6.07, 6.45) is 8.04. The van der Waals surface area contributed by atoms with Gasteiger partial charge in [-0.25, -0.2) is 0 Å². The van der Waals surface area contributed by atoms with Crippen LogP contribution in [-0.2, 0) is 27.1 Å². The molecular formula is C12H12Cl2Hf. The van der Waals surface area contributed by atoms with Crippen LogP contribution in [0.2, 0.25) is 0 Å². The molecule has 0 fully saturated rings. The van der Waals surface area contributed by atoms with Crippen LogP contribution in [0.4, 0.5) is 0 Å². The molecule has 0 aromatic heterocycles. The fraction of sp³-hybridized carbons (Fsp3) is 0.167. The second-order valence-corrected chi connectivity index (χ2v) is 8.01. The molecule has 0 amide bonds. The molecule has 1 aromatic carbocycles. The second kappa shape index (κ2) is 8.32. The summed E-state index contributed by atoms with van der Waals surface area (Å²) in [6.45, 7) is 0. The molecule has 15 heavy (non-hydrogen) atoms. The van der Waals surface area contributed by atoms with E-state index in [1.165, 1.54) is 16.2 Å². The minimum Gasteiger partial charge on any atom is -1.00 e. The van der Waals surface area contributed by atoms with Gasteiger partial charge in [-0.15, -0.1) is 0 Å². The smallest absolute Gasteiger partial charge is 1.00 e. The maximum atomic E-state index is 2.33. The van der Waals surface area contributed by atoms with Crippen molar-refractivity contribution >= 4 is 0 Å². The van der Waals surface area contributed by atoms with Crippen molar-refractivity contribution in [3.8, 4) is 0 Å². The maximum Gasteiger partial charge on any atom is -1.00 e. The fourth-order valence-corrected chi connectivity index (χ4v) is 5.50. The predicted molar refractivity (Wildman–Crippen MR) is 52.0 cm³/mol. The van der Waals surface area contributed by atoms with Gasteiger partial charge in [0.15, 0.2) is 0 Å². The number of halogens is 2. The molecule has 1 aromatic rings. The average molecular weight is 406 g/mol. The molecule has 0 heterocycles. The van der Waals surface area contributed by atoms with E-state index in [0.717, 1.165) is 0 Å². The molecule has 0 nitrogen and oxygen atoms in total. The minimum absolute atomic E-state index is 0. The van der Waals surface area contributed by atoms with E-state index in [-0.39, 0.29) is 24.8 Å². The normalized spacial score (nSPS) is 12.1. The van der Waals surface area contributed by atoms with Gasteiger partial charge in [0.1, 0.15) is 0 Å². The van der Waals surface area contributed by atoms with Crippen LogP contribution in [0.1, 0.15) is 12.0 Å². The third kappa shape index (κ3) is 5.14. The van der Waals surface area contributed by atoms with Crippen molar-refractivity contribution in [2.24, 2.45) is 0 Å². The third-order valence-electron chi connectivity index (χ3n) is 2.13. The van der Waals surface area contributed by atoms with Crippen LogP contribution in [0.25, 0.3) is 0 Å². The summed E-state index contributed by atoms with van der Waals surface area (Å²) in [4.78, 5) is 0. The SMILES string of the molecule is C1=CC[C]([Hf+2][CH2]c2ccccc2)=C1.[Cl-].[Cl-]. The van der Waals surface area contributed by atoms with Crippen molar-refractivity contribution in [2.75, 3.05) is 0 Å². The summed E-state index contributed by atoms with van der Waals surface area (Å²) in [7, 11) is 0. The molecule has 1 aliphatic carbocycles. The van der Waals surface area contributed by atoms with Gasteiger partial charge in [0.05, 0.1) is 0 Å². The van der Waals surface area contributed by atoms with Crippen LogP contribution < -0.4 is 24.8 Å². The van der Waals surface area contributed by atoms with Crippen LogP contribution in [0.3, 0.4) is 0 Å². The Morgan fingerprint density at radius 3 is 2.40 bits per heavy atom. The van der Waals surface area contributed by atoms with Crippen molar-refractivity contribution < 1.29 is 47.7 Å². The van der Waals surface area contributed by atoms with Crippen LogP contribution in [-0.4, -0.2) is 0 Å². The summed E-state index contributed by atoms with van der Waals surface area (Å²) >= 11 is -0.499. The molecule has 78 valence electrons. The number of allylic oxidation sites excluding steroid dienone is 4. The predicted octanol–water partition coefficient (Wildman–Crippen LogP) is -2.88. The zero-order valence-electron chi connectivity index (χ0n) is 8.29. The molecule has 3 heteroatoms. The molecule has 0 unspecified atom stereocenters. The van der Waals surface area contributed by atoms with E-state index in [4.69, 9.17) is 0 Å². The Morgan fingerprint density at radius 2 is 1.80 bits per heavy atom. The molecule has 0 N–H and O–H groups in total. The van der Waals surface area contributed by atoms with Crippen molar-refractivity contribution in [3.63, 3.8) is 0 Å². The summed E-state index contributed by atoms with van der Waals surface area (Å²) < 4.78 is 3.12. The fourth-order valence-electron chi connectivity index (χ4n) is 1.39. The Labute approximate surface area is 115 Å². The molecule has 0 bridgehead atoms. The molecule has 2 rings (SSSR count). The van der Waals surface area contributed by atoms with Crippen molar-refractivity contribution in [1.29, 1.82) is 0 Å². The number of hydrogen-bond acceptors (Lipinski definition) is 0. The molecule has 1 aliphatic rings. The summed E-state index contributed by atoms with van der Waals surface area (Å²) in [5, 5.41) is 0. The van der Waals surface area contributed by atoms with Crippen LogP contribution in [0, 0.1) is 0 Å². The maximum absolute atomic E-state index is 2.33. The topological polar surface area (TPSA) is 0 Å². The molecular weight excluding hydrogens is 394 g/mol. The van der Waals surface area contributed by atoms with Gasteiger partial charge in [-0.2, -0.15) is 0 Å². The largest absolute Gasteiger partial charge is 1.00 e. The van der Waals surface area contributed by atoms with Gasteiger partial charge in [-0.1, -0.05) is 0 Å². The molecule has 0 atom stereocenters. The Hall–Kier alpha value is 0.150. The Balaban J connectivity index is 0.000000980. The Bertz CT molecular complexity index is 331. The van der Waals surface area contributed by atoms with Gasteiger partial charge in [-0.3, -0.25) is 0 Å². The zero-order valence-corrected chi connectivity index (χ0v) is 13.4. The van der Waals surface area contributed by atoms with Crippen LogP contribution in [0.5, 0.6) is 0 Å². The second-order valence-electron chi connectivity index (χ2n) is 3.16. The Morgan fingerprint density at radius 1 is 1.07 bits per heavy atom. The molecule has 0 spiro atoms. The van der Waals surface area contributed by atoms with Gasteiger partial charge in [-0.05, 0) is 0 Å². The molecule has 0 radical (unpaired) electrons. The van der Waals surface area contributed by atoms with E-state index in [1.54, 1.807) is 3.33 Å². The van der Waals surface area contributed by atoms with Crippen molar-refractivity contribution in [3.05, 3.63) is 57.5 Å². The minimum atomic E-state index is -0.499. The number of hydrogen-bond donors (Lipinski definition) is 0. The first-order valence-corrected chi connectivity index (χ1v) is 8.92. The Kier molecular flexibility index (Phi) is 8.40. The van der Waals surface area contributed by atoms with Gasteiger partial charge < -0.3 is 24.8 Å². The van der Waals surface area contributed by atoms with E-state index < -0.39 is 22.9 Å². The summed E-state index contributed by atoms with van der Waals surface area (Å²) in [6, 6.07) is 10.9.